The fourth-order valence-corrected chi connectivity index (χ4v) is 3.60. The van der Waals surface area contributed by atoms with Gasteiger partial charge >= 0.3 is 0 Å². The number of ether oxygens (including phenoxy) is 1. The Balaban J connectivity index is 1.60. The summed E-state index contributed by atoms with van der Waals surface area (Å²) in [6.07, 6.45) is 0. The number of nitro groups is 1. The largest absolute Gasteiger partial charge is 0.489 e. The van der Waals surface area contributed by atoms with Crippen LogP contribution in [0.4, 0.5) is 11.4 Å². The molecule has 29 heavy (non-hydrogen) atoms. The first-order valence-corrected chi connectivity index (χ1v) is 10.1. The molecular weight excluding hydrogens is 412 g/mol. The minimum absolute atomic E-state index is 0.109. The highest BCUT2D eigenvalue weighted by Crippen LogP contribution is 2.28. The van der Waals surface area contributed by atoms with E-state index in [1.54, 1.807) is 6.07 Å². The fraction of sp³-hybridized carbons (Fsp3) is 0.190. The van der Waals surface area contributed by atoms with Crippen LogP contribution in [0.5, 0.6) is 5.75 Å². The number of nitrogens with one attached hydrogen (secondary N) is 1. The van der Waals surface area contributed by atoms with Crippen molar-refractivity contribution in [3.63, 3.8) is 0 Å². The van der Waals surface area contributed by atoms with E-state index in [4.69, 9.17) is 16.3 Å². The quantitative estimate of drug-likeness (QED) is 0.354. The number of amides is 1. The number of anilines is 1. The molecule has 150 valence electrons. The Morgan fingerprint density at radius 2 is 1.93 bits per heavy atom. The molecule has 0 saturated carbocycles. The number of non-ortho nitro benzene ring substituents is 1. The molecule has 1 amide bonds. The van der Waals surface area contributed by atoms with E-state index in [0.29, 0.717) is 23.1 Å². The maximum Gasteiger partial charge on any atom is 0.271 e. The van der Waals surface area contributed by atoms with Gasteiger partial charge in [-0.3, -0.25) is 14.9 Å². The molecule has 3 aromatic rings. The van der Waals surface area contributed by atoms with Crippen molar-refractivity contribution < 1.29 is 14.5 Å². The number of benzene rings is 2. The van der Waals surface area contributed by atoms with Gasteiger partial charge in [0.15, 0.2) is 0 Å². The molecule has 0 radical (unpaired) electrons. The summed E-state index contributed by atoms with van der Waals surface area (Å²) in [6.45, 7) is 4.62. The van der Waals surface area contributed by atoms with Crippen LogP contribution in [0, 0.1) is 10.1 Å². The third-order valence-electron chi connectivity index (χ3n) is 4.24. The molecule has 0 fully saturated rings. The number of rotatable bonds is 7. The van der Waals surface area contributed by atoms with Crippen LogP contribution in [0.1, 0.15) is 40.6 Å². The van der Waals surface area contributed by atoms with Crippen molar-refractivity contribution in [2.24, 2.45) is 0 Å². The molecule has 0 aliphatic carbocycles. The molecule has 0 spiro atoms. The molecule has 1 heterocycles. The molecule has 0 bridgehead atoms. The van der Waals surface area contributed by atoms with Crippen molar-refractivity contribution in [3.05, 3.63) is 85.1 Å². The summed E-state index contributed by atoms with van der Waals surface area (Å²) in [5.41, 5.74) is 2.31. The van der Waals surface area contributed by atoms with Gasteiger partial charge in [0, 0.05) is 17.7 Å². The van der Waals surface area contributed by atoms with Crippen LogP contribution in [0.3, 0.4) is 0 Å². The molecule has 3 rings (SSSR count). The highest BCUT2D eigenvalue weighted by Gasteiger charge is 2.14. The van der Waals surface area contributed by atoms with Crippen LogP contribution in [-0.4, -0.2) is 10.8 Å². The second kappa shape index (κ2) is 9.07. The highest BCUT2D eigenvalue weighted by molar-refractivity contribution is 7.12. The lowest BCUT2D eigenvalue weighted by molar-refractivity contribution is -0.384. The fourth-order valence-electron chi connectivity index (χ4n) is 2.59. The average molecular weight is 431 g/mol. The first-order chi connectivity index (χ1) is 13.8. The van der Waals surface area contributed by atoms with E-state index in [-0.39, 0.29) is 16.6 Å². The van der Waals surface area contributed by atoms with E-state index < -0.39 is 4.92 Å². The van der Waals surface area contributed by atoms with Crippen LogP contribution in [0.2, 0.25) is 5.02 Å². The Morgan fingerprint density at radius 3 is 2.55 bits per heavy atom. The van der Waals surface area contributed by atoms with Gasteiger partial charge in [-0.2, -0.15) is 0 Å². The van der Waals surface area contributed by atoms with E-state index in [0.717, 1.165) is 11.3 Å². The number of carbonyl (C=O) groups excluding carboxylic acids is 1. The zero-order valence-corrected chi connectivity index (χ0v) is 17.4. The number of nitrogens with zero attached hydrogens (tertiary/aromatic N) is 1. The van der Waals surface area contributed by atoms with Gasteiger partial charge in [0.2, 0.25) is 0 Å². The molecule has 8 heteroatoms. The van der Waals surface area contributed by atoms with Gasteiger partial charge in [-0.25, -0.2) is 0 Å². The Kier molecular flexibility index (Phi) is 6.51. The molecule has 0 saturated heterocycles. The van der Waals surface area contributed by atoms with Crippen LogP contribution >= 0.6 is 22.9 Å². The van der Waals surface area contributed by atoms with Crippen molar-refractivity contribution in [3.8, 4) is 5.75 Å². The summed E-state index contributed by atoms with van der Waals surface area (Å²) in [6, 6.07) is 13.6. The lowest BCUT2D eigenvalue weighted by Crippen LogP contribution is -2.10. The zero-order chi connectivity index (χ0) is 21.0. The molecular formula is C21H19ClN2O4S. The molecule has 0 aliphatic rings. The number of hydrogen-bond donors (Lipinski definition) is 1. The summed E-state index contributed by atoms with van der Waals surface area (Å²) < 4.78 is 5.78. The number of thiophene rings is 1. The smallest absolute Gasteiger partial charge is 0.271 e. The van der Waals surface area contributed by atoms with Crippen LogP contribution in [0.15, 0.2) is 53.9 Å². The van der Waals surface area contributed by atoms with E-state index in [1.165, 1.54) is 35.1 Å². The van der Waals surface area contributed by atoms with Crippen molar-refractivity contribution >= 4 is 40.2 Å². The molecule has 2 aromatic carbocycles. The Bertz CT molecular complexity index is 1030. The predicted octanol–water partition coefficient (Wildman–Crippen LogP) is 6.26. The number of halogens is 1. The van der Waals surface area contributed by atoms with Gasteiger partial charge < -0.3 is 10.1 Å². The van der Waals surface area contributed by atoms with Crippen molar-refractivity contribution in [2.75, 3.05) is 5.32 Å². The molecule has 1 aromatic heterocycles. The minimum atomic E-state index is -0.542. The number of nitro benzene ring substituents is 1. The minimum Gasteiger partial charge on any atom is -0.489 e. The average Bonchev–Trinajstić information content (AvgIpc) is 3.17. The second-order valence-corrected chi connectivity index (χ2v) is 8.03. The highest BCUT2D eigenvalue weighted by atomic mass is 35.5. The number of hydrogen-bond acceptors (Lipinski definition) is 5. The predicted molar refractivity (Wildman–Crippen MR) is 115 cm³/mol. The molecule has 0 aliphatic heterocycles. The SMILES string of the molecule is CC(C)c1ccc(OCc2csc(C(=O)Nc3ccc([N+](=O)[O-])cc3Cl)c2)cc1. The summed E-state index contributed by atoms with van der Waals surface area (Å²) in [7, 11) is 0. The van der Waals surface area contributed by atoms with Gasteiger partial charge in [-0.05, 0) is 41.1 Å². The summed E-state index contributed by atoms with van der Waals surface area (Å²) >= 11 is 7.31. The molecule has 1 N–H and O–H groups in total. The third kappa shape index (κ3) is 5.34. The first kappa shape index (κ1) is 20.8. The summed E-state index contributed by atoms with van der Waals surface area (Å²) in [5.74, 6) is 0.897. The zero-order valence-electron chi connectivity index (χ0n) is 15.8. The summed E-state index contributed by atoms with van der Waals surface area (Å²) in [4.78, 5) is 23.2. The normalized spacial score (nSPS) is 10.8. The van der Waals surface area contributed by atoms with Gasteiger partial charge in [-0.15, -0.1) is 11.3 Å². The molecule has 0 atom stereocenters. The van der Waals surface area contributed by atoms with Gasteiger partial charge in [0.25, 0.3) is 11.6 Å². The van der Waals surface area contributed by atoms with Crippen LogP contribution in [0.25, 0.3) is 0 Å². The van der Waals surface area contributed by atoms with Gasteiger partial charge in [0.05, 0.1) is 20.5 Å². The lowest BCUT2D eigenvalue weighted by Gasteiger charge is -2.08. The maximum absolute atomic E-state index is 12.4. The number of carbonyl (C=O) groups is 1. The lowest BCUT2D eigenvalue weighted by atomic mass is 10.0. The van der Waals surface area contributed by atoms with Crippen LogP contribution in [-0.2, 0) is 6.61 Å². The molecule has 0 unspecified atom stereocenters. The van der Waals surface area contributed by atoms with E-state index in [1.807, 2.05) is 29.6 Å². The van der Waals surface area contributed by atoms with Gasteiger partial charge in [0.1, 0.15) is 12.4 Å². The molecule has 6 nitrogen and oxygen atoms in total. The van der Waals surface area contributed by atoms with E-state index in [9.17, 15) is 14.9 Å². The third-order valence-corrected chi connectivity index (χ3v) is 5.53. The van der Waals surface area contributed by atoms with Crippen LogP contribution < -0.4 is 10.1 Å². The van der Waals surface area contributed by atoms with Crippen molar-refractivity contribution in [1.29, 1.82) is 0 Å². The van der Waals surface area contributed by atoms with Crippen molar-refractivity contribution in [2.45, 2.75) is 26.4 Å². The Morgan fingerprint density at radius 1 is 1.21 bits per heavy atom. The topological polar surface area (TPSA) is 81.5 Å². The monoisotopic (exact) mass is 430 g/mol. The van der Waals surface area contributed by atoms with E-state index in [2.05, 4.69) is 19.2 Å². The summed E-state index contributed by atoms with van der Waals surface area (Å²) in [5, 5.41) is 15.4. The Labute approximate surface area is 177 Å². The Hall–Kier alpha value is -2.90. The standard InChI is InChI=1S/C21H19ClN2O4S/c1-13(2)15-3-6-17(7-4-15)28-11-14-9-20(29-12-14)21(25)23-19-8-5-16(24(26)27)10-18(19)22/h3-10,12-13H,11H2,1-2H3,(H,23,25). The second-order valence-electron chi connectivity index (χ2n) is 6.71. The van der Waals surface area contributed by atoms with Crippen molar-refractivity contribution in [1.82, 2.24) is 0 Å². The van der Waals surface area contributed by atoms with Gasteiger partial charge in [-0.1, -0.05) is 37.6 Å². The van der Waals surface area contributed by atoms with E-state index >= 15 is 0 Å². The maximum atomic E-state index is 12.4. The first-order valence-electron chi connectivity index (χ1n) is 8.89.